The van der Waals surface area contributed by atoms with Crippen molar-refractivity contribution in [1.29, 1.82) is 0 Å². The van der Waals surface area contributed by atoms with Crippen LogP contribution in [-0.2, 0) is 17.6 Å². The van der Waals surface area contributed by atoms with Crippen LogP contribution in [0.25, 0.3) is 0 Å². The zero-order chi connectivity index (χ0) is 18.4. The second kappa shape index (κ2) is 8.24. The average Bonchev–Trinajstić information content (AvgIpc) is 2.63. The molecule has 0 saturated carbocycles. The summed E-state index contributed by atoms with van der Waals surface area (Å²) in [5.41, 5.74) is 3.09. The van der Waals surface area contributed by atoms with E-state index in [9.17, 15) is 9.90 Å². The monoisotopic (exact) mass is 341 g/mol. The molecule has 5 heteroatoms. The number of benzene rings is 2. The smallest absolute Gasteiger partial charge is 0.247 e. The maximum atomic E-state index is 11.6. The minimum atomic E-state index is -0.310. The normalized spacial score (nSPS) is 10.2. The number of nitrogens with one attached hydrogen (secondary N) is 1. The van der Waals surface area contributed by atoms with Crippen molar-refractivity contribution in [3.63, 3.8) is 0 Å². The predicted molar refractivity (Wildman–Crippen MR) is 98.6 cm³/mol. The van der Waals surface area contributed by atoms with Crippen LogP contribution >= 0.6 is 0 Å². The molecule has 0 fully saturated rings. The summed E-state index contributed by atoms with van der Waals surface area (Å²) in [6.07, 6.45) is 2.44. The fraction of sp³-hybridized carbons (Fsp3) is 0.250. The summed E-state index contributed by atoms with van der Waals surface area (Å²) >= 11 is 0. The molecule has 0 bridgehead atoms. The van der Waals surface area contributed by atoms with Crippen LogP contribution in [0.2, 0.25) is 0 Å². The van der Waals surface area contributed by atoms with E-state index in [1.807, 2.05) is 25.1 Å². The molecule has 132 valence electrons. The Hall–Kier alpha value is -2.95. The lowest BCUT2D eigenvalue weighted by molar-refractivity contribution is -0.111. The maximum absolute atomic E-state index is 11.6. The van der Waals surface area contributed by atoms with Crippen molar-refractivity contribution in [3.05, 3.63) is 59.7 Å². The number of hydrogen-bond donors (Lipinski definition) is 2. The molecule has 0 aliphatic carbocycles. The fourth-order valence-corrected chi connectivity index (χ4v) is 2.61. The number of phenolic OH excluding ortho intramolecular Hbond substituents is 1. The summed E-state index contributed by atoms with van der Waals surface area (Å²) in [7, 11) is 3.19. The largest absolute Gasteiger partial charge is 0.507 e. The van der Waals surface area contributed by atoms with Crippen LogP contribution < -0.4 is 14.8 Å². The molecule has 2 rings (SSSR count). The maximum Gasteiger partial charge on any atom is 0.247 e. The molecule has 0 aliphatic heterocycles. The molecule has 0 aromatic heterocycles. The molecule has 0 aliphatic rings. The van der Waals surface area contributed by atoms with Crippen molar-refractivity contribution in [3.8, 4) is 17.2 Å². The summed E-state index contributed by atoms with van der Waals surface area (Å²) in [6, 6.07) is 9.28. The van der Waals surface area contributed by atoms with Gasteiger partial charge >= 0.3 is 0 Å². The summed E-state index contributed by atoms with van der Waals surface area (Å²) in [5, 5.41) is 13.1. The Kier molecular flexibility index (Phi) is 6.06. The molecule has 2 aromatic rings. The first-order chi connectivity index (χ1) is 12.0. The quantitative estimate of drug-likeness (QED) is 0.755. The Morgan fingerprint density at radius 2 is 1.88 bits per heavy atom. The van der Waals surface area contributed by atoms with Crippen LogP contribution in [0.1, 0.15) is 16.7 Å². The Balaban J connectivity index is 2.26. The third kappa shape index (κ3) is 4.32. The summed E-state index contributed by atoms with van der Waals surface area (Å²) in [6.45, 7) is 5.28. The van der Waals surface area contributed by atoms with Gasteiger partial charge in [0.25, 0.3) is 0 Å². The molecular formula is C20H23NO4. The number of aryl methyl sites for hydroxylation is 2. The van der Waals surface area contributed by atoms with Crippen molar-refractivity contribution >= 4 is 11.6 Å². The van der Waals surface area contributed by atoms with Gasteiger partial charge in [-0.3, -0.25) is 4.79 Å². The van der Waals surface area contributed by atoms with E-state index in [-0.39, 0.29) is 11.7 Å². The first kappa shape index (κ1) is 18.4. The molecule has 0 unspecified atom stereocenters. The number of carbonyl (C=O) groups is 1. The van der Waals surface area contributed by atoms with Gasteiger partial charge in [-0.2, -0.15) is 0 Å². The van der Waals surface area contributed by atoms with Crippen LogP contribution in [0.4, 0.5) is 5.69 Å². The summed E-state index contributed by atoms with van der Waals surface area (Å²) in [4.78, 5) is 11.6. The number of aromatic hydroxyl groups is 1. The van der Waals surface area contributed by atoms with Crippen molar-refractivity contribution in [2.24, 2.45) is 0 Å². The van der Waals surface area contributed by atoms with E-state index in [1.165, 1.54) is 6.08 Å². The third-order valence-electron chi connectivity index (χ3n) is 4.04. The molecule has 0 spiro atoms. The van der Waals surface area contributed by atoms with Gasteiger partial charge in [-0.25, -0.2) is 0 Å². The lowest BCUT2D eigenvalue weighted by atomic mass is 9.99. The molecule has 0 radical (unpaired) electrons. The summed E-state index contributed by atoms with van der Waals surface area (Å²) in [5.74, 6) is 1.22. The number of rotatable bonds is 7. The summed E-state index contributed by atoms with van der Waals surface area (Å²) < 4.78 is 10.6. The van der Waals surface area contributed by atoms with Gasteiger partial charge in [0.15, 0.2) is 11.5 Å². The molecule has 5 nitrogen and oxygen atoms in total. The topological polar surface area (TPSA) is 67.8 Å². The van der Waals surface area contributed by atoms with Gasteiger partial charge in [0, 0.05) is 11.3 Å². The van der Waals surface area contributed by atoms with Gasteiger partial charge < -0.3 is 19.9 Å². The van der Waals surface area contributed by atoms with Gasteiger partial charge in [-0.15, -0.1) is 0 Å². The second-order valence-corrected chi connectivity index (χ2v) is 5.64. The second-order valence-electron chi connectivity index (χ2n) is 5.64. The van der Waals surface area contributed by atoms with Crippen LogP contribution in [0.3, 0.4) is 0 Å². The lowest BCUT2D eigenvalue weighted by Crippen LogP contribution is -2.10. The van der Waals surface area contributed by atoms with E-state index < -0.39 is 0 Å². The van der Waals surface area contributed by atoms with Crippen molar-refractivity contribution in [1.82, 2.24) is 0 Å². The highest BCUT2D eigenvalue weighted by molar-refractivity contribution is 5.99. The van der Waals surface area contributed by atoms with E-state index >= 15 is 0 Å². The standard InChI is InChI=1S/C20H23NO4/c1-5-19(22)21-16-10-6-13(2)20(23)15(16)9-7-14-8-11-17(24-3)18(12-14)25-4/h5-6,8,10-12,23H,1,7,9H2,2-4H3,(H,21,22). The Morgan fingerprint density at radius 3 is 2.52 bits per heavy atom. The molecule has 25 heavy (non-hydrogen) atoms. The zero-order valence-corrected chi connectivity index (χ0v) is 14.8. The molecule has 1 amide bonds. The number of methoxy groups -OCH3 is 2. The molecule has 0 saturated heterocycles. The first-order valence-corrected chi connectivity index (χ1v) is 7.96. The van der Waals surface area contributed by atoms with Gasteiger partial charge in [0.1, 0.15) is 5.75 Å². The number of hydrogen-bond acceptors (Lipinski definition) is 4. The predicted octanol–water partition coefficient (Wildman–Crippen LogP) is 3.63. The van der Waals surface area contributed by atoms with Gasteiger partial charge in [0.05, 0.1) is 14.2 Å². The molecule has 0 heterocycles. The SMILES string of the molecule is C=CC(=O)Nc1ccc(C)c(O)c1CCc1ccc(OC)c(OC)c1. The minimum absolute atomic E-state index is 0.197. The molecule has 0 atom stereocenters. The van der Waals surface area contributed by atoms with Crippen LogP contribution in [0, 0.1) is 6.92 Å². The lowest BCUT2D eigenvalue weighted by Gasteiger charge is -2.14. The van der Waals surface area contributed by atoms with E-state index in [2.05, 4.69) is 11.9 Å². The third-order valence-corrected chi connectivity index (χ3v) is 4.04. The number of phenols is 1. The van der Waals surface area contributed by atoms with Crippen LogP contribution in [0.5, 0.6) is 17.2 Å². The van der Waals surface area contributed by atoms with Crippen molar-refractivity contribution < 1.29 is 19.4 Å². The van der Waals surface area contributed by atoms with E-state index in [4.69, 9.17) is 9.47 Å². The molecule has 2 aromatic carbocycles. The first-order valence-electron chi connectivity index (χ1n) is 7.96. The van der Waals surface area contributed by atoms with E-state index in [0.717, 1.165) is 11.1 Å². The van der Waals surface area contributed by atoms with E-state index in [0.29, 0.717) is 35.6 Å². The zero-order valence-electron chi connectivity index (χ0n) is 14.8. The average molecular weight is 341 g/mol. The molecular weight excluding hydrogens is 318 g/mol. The minimum Gasteiger partial charge on any atom is -0.507 e. The fourth-order valence-electron chi connectivity index (χ4n) is 2.61. The number of carbonyl (C=O) groups excluding carboxylic acids is 1. The highest BCUT2D eigenvalue weighted by atomic mass is 16.5. The van der Waals surface area contributed by atoms with Gasteiger partial charge in [-0.05, 0) is 55.2 Å². The number of anilines is 1. The van der Waals surface area contributed by atoms with Crippen molar-refractivity contribution in [2.75, 3.05) is 19.5 Å². The number of ether oxygens (including phenoxy) is 2. The Morgan fingerprint density at radius 1 is 1.16 bits per heavy atom. The van der Waals surface area contributed by atoms with Crippen LogP contribution in [-0.4, -0.2) is 25.2 Å². The van der Waals surface area contributed by atoms with Crippen molar-refractivity contribution in [2.45, 2.75) is 19.8 Å². The highest BCUT2D eigenvalue weighted by Crippen LogP contribution is 2.32. The van der Waals surface area contributed by atoms with Gasteiger partial charge in [0.2, 0.25) is 5.91 Å². The van der Waals surface area contributed by atoms with Crippen LogP contribution in [0.15, 0.2) is 43.0 Å². The van der Waals surface area contributed by atoms with Gasteiger partial charge in [-0.1, -0.05) is 18.7 Å². The van der Waals surface area contributed by atoms with E-state index in [1.54, 1.807) is 26.4 Å². The molecule has 2 N–H and O–H groups in total. The number of amides is 1. The highest BCUT2D eigenvalue weighted by Gasteiger charge is 2.13. The Bertz CT molecular complexity index is 784. The Labute approximate surface area is 147 Å².